The Labute approximate surface area is 126 Å². The fourth-order valence-corrected chi connectivity index (χ4v) is 2.93. The molecule has 3 rings (SSSR count). The number of nitrogens with zero attached hydrogens (tertiary/aromatic N) is 4. The van der Waals surface area contributed by atoms with Gasteiger partial charge in [-0.15, -0.1) is 28.8 Å². The van der Waals surface area contributed by atoms with E-state index < -0.39 is 0 Å². The molecule has 0 unspecified atom stereocenters. The largest absolute Gasteiger partial charge is 0.347 e. The number of halogens is 1. The Morgan fingerprint density at radius 2 is 2.45 bits per heavy atom. The second-order valence-corrected chi connectivity index (χ2v) is 5.32. The van der Waals surface area contributed by atoms with E-state index in [9.17, 15) is 4.79 Å². The van der Waals surface area contributed by atoms with Crippen molar-refractivity contribution in [3.8, 4) is 5.69 Å². The molecule has 20 heavy (non-hydrogen) atoms. The predicted octanol–water partition coefficient (Wildman–Crippen LogP) is 0.627. The quantitative estimate of drug-likeness (QED) is 0.868. The topological polar surface area (TPSA) is 84.7 Å². The Morgan fingerprint density at radius 3 is 3.15 bits per heavy atom. The molecule has 0 radical (unpaired) electrons. The first-order chi connectivity index (χ1) is 9.34. The molecule has 108 valence electrons. The van der Waals surface area contributed by atoms with Crippen molar-refractivity contribution in [1.82, 2.24) is 30.8 Å². The van der Waals surface area contributed by atoms with Gasteiger partial charge in [-0.3, -0.25) is 4.79 Å². The summed E-state index contributed by atoms with van der Waals surface area (Å²) in [5.41, 5.74) is 0.719. The zero-order chi connectivity index (χ0) is 13.1. The van der Waals surface area contributed by atoms with Gasteiger partial charge in [-0.2, -0.15) is 4.68 Å². The molecule has 0 aliphatic carbocycles. The first-order valence-corrected chi connectivity index (χ1v) is 7.05. The van der Waals surface area contributed by atoms with Gasteiger partial charge in [-0.1, -0.05) is 0 Å². The van der Waals surface area contributed by atoms with Crippen LogP contribution in [0.1, 0.15) is 22.5 Å². The van der Waals surface area contributed by atoms with Gasteiger partial charge in [0.15, 0.2) is 0 Å². The number of amides is 1. The second kappa shape index (κ2) is 6.78. The molecule has 0 spiro atoms. The lowest BCUT2D eigenvalue weighted by atomic mass is 10.1. The zero-order valence-electron chi connectivity index (χ0n) is 10.7. The number of rotatable bonds is 3. The molecule has 0 bridgehead atoms. The number of hydrogen-bond acceptors (Lipinski definition) is 6. The van der Waals surface area contributed by atoms with Crippen molar-refractivity contribution in [2.45, 2.75) is 18.9 Å². The van der Waals surface area contributed by atoms with Gasteiger partial charge in [-0.05, 0) is 41.3 Å². The fourth-order valence-electron chi connectivity index (χ4n) is 2.15. The zero-order valence-corrected chi connectivity index (χ0v) is 12.3. The SMILES string of the molecule is Cl.O=C(N[C@H]1CCCNC1)c1sccc1-n1cnnn1. The highest BCUT2D eigenvalue weighted by molar-refractivity contribution is 7.12. The molecule has 9 heteroatoms. The number of piperidine rings is 1. The van der Waals surface area contributed by atoms with E-state index in [2.05, 4.69) is 26.2 Å². The Kier molecular flexibility index (Phi) is 5.05. The van der Waals surface area contributed by atoms with E-state index in [0.717, 1.165) is 31.6 Å². The highest BCUT2D eigenvalue weighted by Crippen LogP contribution is 2.20. The Bertz CT molecular complexity index is 551. The maximum Gasteiger partial charge on any atom is 0.263 e. The molecule has 0 saturated carbocycles. The minimum Gasteiger partial charge on any atom is -0.347 e. The third-order valence-corrected chi connectivity index (χ3v) is 3.98. The molecule has 7 nitrogen and oxygen atoms in total. The monoisotopic (exact) mass is 314 g/mol. The van der Waals surface area contributed by atoms with Crippen LogP contribution in [0.4, 0.5) is 0 Å². The molecule has 1 fully saturated rings. The van der Waals surface area contributed by atoms with Gasteiger partial charge in [-0.25, -0.2) is 0 Å². The number of thiophene rings is 1. The molecule has 3 heterocycles. The molecule has 2 aromatic heterocycles. The molecule has 1 atom stereocenters. The van der Waals surface area contributed by atoms with Gasteiger partial charge in [0.1, 0.15) is 11.2 Å². The van der Waals surface area contributed by atoms with E-state index in [1.807, 2.05) is 11.4 Å². The van der Waals surface area contributed by atoms with Crippen LogP contribution in [-0.2, 0) is 0 Å². The van der Waals surface area contributed by atoms with Gasteiger partial charge < -0.3 is 10.6 Å². The van der Waals surface area contributed by atoms with Crippen molar-refractivity contribution in [3.63, 3.8) is 0 Å². The Balaban J connectivity index is 0.00000147. The minimum atomic E-state index is -0.0609. The number of carbonyl (C=O) groups is 1. The maximum absolute atomic E-state index is 12.3. The Morgan fingerprint density at radius 1 is 1.55 bits per heavy atom. The second-order valence-electron chi connectivity index (χ2n) is 4.41. The first kappa shape index (κ1) is 14.9. The van der Waals surface area contributed by atoms with E-state index in [-0.39, 0.29) is 24.4 Å². The molecular formula is C11H15ClN6OS. The van der Waals surface area contributed by atoms with Crippen LogP contribution in [0.3, 0.4) is 0 Å². The van der Waals surface area contributed by atoms with Gasteiger partial charge >= 0.3 is 0 Å². The van der Waals surface area contributed by atoms with Crippen LogP contribution >= 0.6 is 23.7 Å². The van der Waals surface area contributed by atoms with Crippen molar-refractivity contribution in [1.29, 1.82) is 0 Å². The predicted molar refractivity (Wildman–Crippen MR) is 77.6 cm³/mol. The van der Waals surface area contributed by atoms with Crippen molar-refractivity contribution >= 4 is 29.7 Å². The summed E-state index contributed by atoms with van der Waals surface area (Å²) in [6.07, 6.45) is 3.60. The lowest BCUT2D eigenvalue weighted by Crippen LogP contribution is -2.45. The first-order valence-electron chi connectivity index (χ1n) is 6.17. The highest BCUT2D eigenvalue weighted by atomic mass is 35.5. The smallest absolute Gasteiger partial charge is 0.263 e. The summed E-state index contributed by atoms with van der Waals surface area (Å²) in [5.74, 6) is -0.0609. The van der Waals surface area contributed by atoms with E-state index in [0.29, 0.717) is 4.88 Å². The molecule has 1 aliphatic rings. The molecule has 2 aromatic rings. The van der Waals surface area contributed by atoms with Gasteiger partial charge in [0, 0.05) is 12.6 Å². The average Bonchev–Trinajstić information content (AvgIpc) is 3.10. The van der Waals surface area contributed by atoms with Crippen LogP contribution in [0, 0.1) is 0 Å². The normalized spacial score (nSPS) is 18.3. The number of hydrogen-bond donors (Lipinski definition) is 2. The van der Waals surface area contributed by atoms with Crippen molar-refractivity contribution in [3.05, 3.63) is 22.7 Å². The van der Waals surface area contributed by atoms with Crippen molar-refractivity contribution < 1.29 is 4.79 Å². The number of nitrogens with one attached hydrogen (secondary N) is 2. The van der Waals surface area contributed by atoms with Crippen LogP contribution in [0.15, 0.2) is 17.8 Å². The van der Waals surface area contributed by atoms with E-state index in [1.165, 1.54) is 22.3 Å². The molecule has 2 N–H and O–H groups in total. The lowest BCUT2D eigenvalue weighted by Gasteiger charge is -2.23. The number of tetrazole rings is 1. The third kappa shape index (κ3) is 3.14. The van der Waals surface area contributed by atoms with Crippen molar-refractivity contribution in [2.24, 2.45) is 0 Å². The highest BCUT2D eigenvalue weighted by Gasteiger charge is 2.20. The summed E-state index contributed by atoms with van der Waals surface area (Å²) < 4.78 is 1.50. The maximum atomic E-state index is 12.3. The van der Waals surface area contributed by atoms with Crippen LogP contribution in [0.5, 0.6) is 0 Å². The van der Waals surface area contributed by atoms with Gasteiger partial charge in [0.25, 0.3) is 5.91 Å². The standard InChI is InChI=1S/C11H14N6OS.ClH/c18-11(14-8-2-1-4-12-6-8)10-9(3-5-19-10)17-7-13-15-16-17;/h3,5,7-8,12H,1-2,4,6H2,(H,14,18);1H/t8-;/m0./s1. The molecule has 1 saturated heterocycles. The average molecular weight is 315 g/mol. The van der Waals surface area contributed by atoms with Crippen LogP contribution in [-0.4, -0.2) is 45.2 Å². The Hall–Kier alpha value is -1.51. The minimum absolute atomic E-state index is 0. The van der Waals surface area contributed by atoms with E-state index in [4.69, 9.17) is 0 Å². The van der Waals surface area contributed by atoms with Crippen LogP contribution < -0.4 is 10.6 Å². The lowest BCUT2D eigenvalue weighted by molar-refractivity contribution is 0.0934. The molecule has 1 aliphatic heterocycles. The van der Waals surface area contributed by atoms with E-state index >= 15 is 0 Å². The summed E-state index contributed by atoms with van der Waals surface area (Å²) >= 11 is 1.40. The molecule has 0 aromatic carbocycles. The van der Waals surface area contributed by atoms with Gasteiger partial charge in [0.05, 0.1) is 5.69 Å². The summed E-state index contributed by atoms with van der Waals surface area (Å²) in [4.78, 5) is 12.9. The summed E-state index contributed by atoms with van der Waals surface area (Å²) in [6.45, 7) is 1.86. The summed E-state index contributed by atoms with van der Waals surface area (Å²) in [7, 11) is 0. The van der Waals surface area contributed by atoms with Gasteiger partial charge in [0.2, 0.25) is 0 Å². The van der Waals surface area contributed by atoms with E-state index in [1.54, 1.807) is 0 Å². The fraction of sp³-hybridized carbons (Fsp3) is 0.455. The summed E-state index contributed by atoms with van der Waals surface area (Å²) in [6, 6.07) is 2.04. The number of carbonyl (C=O) groups excluding carboxylic acids is 1. The third-order valence-electron chi connectivity index (χ3n) is 3.08. The number of aromatic nitrogens is 4. The van der Waals surface area contributed by atoms with Crippen LogP contribution in [0.25, 0.3) is 5.69 Å². The molecular weight excluding hydrogens is 300 g/mol. The van der Waals surface area contributed by atoms with Crippen molar-refractivity contribution in [2.75, 3.05) is 13.1 Å². The van der Waals surface area contributed by atoms with Crippen LogP contribution in [0.2, 0.25) is 0 Å². The summed E-state index contributed by atoms with van der Waals surface area (Å²) in [5, 5.41) is 19.2. The molecule has 1 amide bonds.